The van der Waals surface area contributed by atoms with Crippen LogP contribution in [-0.4, -0.2) is 38.3 Å². The zero-order valence-electron chi connectivity index (χ0n) is 10.9. The maximum absolute atomic E-state index is 13.3. The van der Waals surface area contributed by atoms with Gasteiger partial charge in [0.2, 0.25) is 0 Å². The monoisotopic (exact) mass is 253 g/mol. The van der Waals surface area contributed by atoms with Crippen LogP contribution in [-0.2, 0) is 11.3 Å². The highest BCUT2D eigenvalue weighted by Crippen LogP contribution is 2.32. The summed E-state index contributed by atoms with van der Waals surface area (Å²) in [6.07, 6.45) is 3.65. The van der Waals surface area contributed by atoms with Crippen molar-refractivity contribution in [3.8, 4) is 0 Å². The maximum atomic E-state index is 13.3. The number of halogens is 1. The molecule has 1 aromatic heterocycles. The normalized spacial score (nSPS) is 14.8. The Morgan fingerprint density at radius 3 is 2.94 bits per heavy atom. The Hall–Kier alpha value is -1.20. The van der Waals surface area contributed by atoms with E-state index in [1.165, 1.54) is 19.0 Å². The van der Waals surface area contributed by atoms with Crippen LogP contribution >= 0.6 is 0 Å². The summed E-state index contributed by atoms with van der Waals surface area (Å²) in [5.74, 6) is 0.594. The zero-order chi connectivity index (χ0) is 13.0. The van der Waals surface area contributed by atoms with Crippen molar-refractivity contribution in [3.05, 3.63) is 23.6 Å². The van der Waals surface area contributed by atoms with Crippen LogP contribution in [0, 0.1) is 5.82 Å². The van der Waals surface area contributed by atoms with Gasteiger partial charge >= 0.3 is 0 Å². The molecule has 1 aliphatic carbocycles. The van der Waals surface area contributed by atoms with Crippen LogP contribution in [0.1, 0.15) is 18.4 Å². The molecule has 1 saturated carbocycles. The number of pyridine rings is 1. The minimum atomic E-state index is -0.286. The molecule has 0 unspecified atom stereocenters. The first kappa shape index (κ1) is 13.2. The second-order valence-electron chi connectivity index (χ2n) is 4.58. The van der Waals surface area contributed by atoms with Crippen molar-refractivity contribution in [3.63, 3.8) is 0 Å². The van der Waals surface area contributed by atoms with E-state index in [-0.39, 0.29) is 5.82 Å². The molecule has 1 heterocycles. The Morgan fingerprint density at radius 1 is 1.56 bits per heavy atom. The molecule has 100 valence electrons. The lowest BCUT2D eigenvalue weighted by atomic mass is 10.2. The molecule has 0 atom stereocenters. The summed E-state index contributed by atoms with van der Waals surface area (Å²) in [7, 11) is 3.54. The molecule has 0 aromatic carbocycles. The fraction of sp³-hybridized carbons (Fsp3) is 0.615. The van der Waals surface area contributed by atoms with Crippen LogP contribution in [0.15, 0.2) is 12.3 Å². The van der Waals surface area contributed by atoms with Crippen molar-refractivity contribution >= 4 is 5.82 Å². The third-order valence-electron chi connectivity index (χ3n) is 3.07. The Bertz CT molecular complexity index is 396. The number of nitrogens with one attached hydrogen (secondary N) is 1. The van der Waals surface area contributed by atoms with Gasteiger partial charge in [-0.15, -0.1) is 0 Å². The number of rotatable bonds is 7. The SMILES string of the molecule is CNCc1cc(F)cnc1N(CCOC)C1CC1. The lowest BCUT2D eigenvalue weighted by Gasteiger charge is -2.25. The van der Waals surface area contributed by atoms with Crippen molar-refractivity contribution < 1.29 is 9.13 Å². The van der Waals surface area contributed by atoms with E-state index in [2.05, 4.69) is 15.2 Å². The van der Waals surface area contributed by atoms with Crippen LogP contribution in [0.4, 0.5) is 10.2 Å². The lowest BCUT2D eigenvalue weighted by molar-refractivity contribution is 0.204. The highest BCUT2D eigenvalue weighted by molar-refractivity contribution is 5.49. The molecule has 1 N–H and O–H groups in total. The first-order valence-electron chi connectivity index (χ1n) is 6.31. The Morgan fingerprint density at radius 2 is 2.33 bits per heavy atom. The second kappa shape index (κ2) is 6.11. The first-order chi connectivity index (χ1) is 8.76. The second-order valence-corrected chi connectivity index (χ2v) is 4.58. The van der Waals surface area contributed by atoms with E-state index in [0.29, 0.717) is 19.2 Å². The van der Waals surface area contributed by atoms with Crippen molar-refractivity contribution in [2.24, 2.45) is 0 Å². The van der Waals surface area contributed by atoms with E-state index in [1.807, 2.05) is 7.05 Å². The van der Waals surface area contributed by atoms with Crippen molar-refractivity contribution in [1.29, 1.82) is 0 Å². The molecule has 0 aliphatic heterocycles. The van der Waals surface area contributed by atoms with Gasteiger partial charge in [0, 0.05) is 31.8 Å². The third kappa shape index (κ3) is 3.17. The van der Waals surface area contributed by atoms with E-state index in [9.17, 15) is 4.39 Å². The minimum absolute atomic E-state index is 0.286. The highest BCUT2D eigenvalue weighted by Gasteiger charge is 2.31. The van der Waals surface area contributed by atoms with Gasteiger partial charge in [-0.1, -0.05) is 0 Å². The van der Waals surface area contributed by atoms with Crippen LogP contribution in [0.25, 0.3) is 0 Å². The van der Waals surface area contributed by atoms with Gasteiger partial charge in [0.1, 0.15) is 11.6 Å². The average molecular weight is 253 g/mol. The molecule has 0 bridgehead atoms. The molecule has 1 aliphatic rings. The van der Waals surface area contributed by atoms with Gasteiger partial charge in [-0.25, -0.2) is 9.37 Å². The van der Waals surface area contributed by atoms with E-state index in [1.54, 1.807) is 13.2 Å². The van der Waals surface area contributed by atoms with E-state index in [0.717, 1.165) is 17.9 Å². The minimum Gasteiger partial charge on any atom is -0.383 e. The standard InChI is InChI=1S/C13H20FN3O/c1-15-8-10-7-11(14)9-16-13(10)17(5-6-18-2)12-3-4-12/h7,9,12,15H,3-6,8H2,1-2H3. The average Bonchev–Trinajstić information content (AvgIpc) is 3.17. The topological polar surface area (TPSA) is 37.4 Å². The van der Waals surface area contributed by atoms with Crippen LogP contribution in [0.3, 0.4) is 0 Å². The summed E-state index contributed by atoms with van der Waals surface area (Å²) in [5.41, 5.74) is 0.903. The third-order valence-corrected chi connectivity index (χ3v) is 3.07. The van der Waals surface area contributed by atoms with Crippen LogP contribution in [0.5, 0.6) is 0 Å². The van der Waals surface area contributed by atoms with Crippen LogP contribution in [0.2, 0.25) is 0 Å². The fourth-order valence-electron chi connectivity index (χ4n) is 2.09. The summed E-state index contributed by atoms with van der Waals surface area (Å²) in [5, 5.41) is 3.06. The van der Waals surface area contributed by atoms with Gasteiger partial charge in [0.05, 0.1) is 12.8 Å². The number of nitrogens with zero attached hydrogens (tertiary/aromatic N) is 2. The molecule has 4 nitrogen and oxygen atoms in total. The van der Waals surface area contributed by atoms with Gasteiger partial charge in [0.15, 0.2) is 0 Å². The van der Waals surface area contributed by atoms with Crippen molar-refractivity contribution in [2.75, 3.05) is 32.2 Å². The van der Waals surface area contributed by atoms with Gasteiger partial charge in [-0.2, -0.15) is 0 Å². The highest BCUT2D eigenvalue weighted by atomic mass is 19.1. The molecule has 0 spiro atoms. The van der Waals surface area contributed by atoms with Crippen molar-refractivity contribution in [2.45, 2.75) is 25.4 Å². The molecule has 1 aromatic rings. The van der Waals surface area contributed by atoms with E-state index >= 15 is 0 Å². The van der Waals surface area contributed by atoms with Gasteiger partial charge in [-0.3, -0.25) is 0 Å². The summed E-state index contributed by atoms with van der Waals surface area (Å²) in [4.78, 5) is 6.50. The first-order valence-corrected chi connectivity index (χ1v) is 6.31. The predicted octanol–water partition coefficient (Wildman–Crippen LogP) is 1.56. The molecule has 0 saturated heterocycles. The summed E-state index contributed by atoms with van der Waals surface area (Å²) in [6, 6.07) is 2.09. The summed E-state index contributed by atoms with van der Waals surface area (Å²) >= 11 is 0. The van der Waals surface area contributed by atoms with Crippen molar-refractivity contribution in [1.82, 2.24) is 10.3 Å². The zero-order valence-corrected chi connectivity index (χ0v) is 10.9. The predicted molar refractivity (Wildman–Crippen MR) is 69.2 cm³/mol. The number of hydrogen-bond acceptors (Lipinski definition) is 4. The van der Waals surface area contributed by atoms with Gasteiger partial charge < -0.3 is 15.0 Å². The Labute approximate surface area is 107 Å². The van der Waals surface area contributed by atoms with E-state index in [4.69, 9.17) is 4.74 Å². The molecule has 1 fully saturated rings. The molecule has 0 amide bonds. The number of hydrogen-bond donors (Lipinski definition) is 1. The molecular weight excluding hydrogens is 233 g/mol. The molecular formula is C13H20FN3O. The lowest BCUT2D eigenvalue weighted by Crippen LogP contribution is -2.31. The smallest absolute Gasteiger partial charge is 0.141 e. The molecule has 5 heteroatoms. The molecule has 2 rings (SSSR count). The fourth-order valence-corrected chi connectivity index (χ4v) is 2.09. The quantitative estimate of drug-likeness (QED) is 0.800. The van der Waals surface area contributed by atoms with Gasteiger partial charge in [-0.05, 0) is 26.0 Å². The number of anilines is 1. The summed E-state index contributed by atoms with van der Waals surface area (Å²) < 4.78 is 18.4. The molecule has 18 heavy (non-hydrogen) atoms. The largest absolute Gasteiger partial charge is 0.383 e. The van der Waals surface area contributed by atoms with E-state index < -0.39 is 0 Å². The number of methoxy groups -OCH3 is 1. The Balaban J connectivity index is 2.21. The number of aromatic nitrogens is 1. The Kier molecular flexibility index (Phi) is 4.49. The van der Waals surface area contributed by atoms with Gasteiger partial charge in [0.25, 0.3) is 0 Å². The maximum Gasteiger partial charge on any atom is 0.141 e. The number of ether oxygens (including phenoxy) is 1. The van der Waals surface area contributed by atoms with Crippen LogP contribution < -0.4 is 10.2 Å². The summed E-state index contributed by atoms with van der Waals surface area (Å²) in [6.45, 7) is 2.08. The molecule has 0 radical (unpaired) electrons.